The van der Waals surface area contributed by atoms with Crippen LogP contribution in [0.2, 0.25) is 0 Å². The highest BCUT2D eigenvalue weighted by Crippen LogP contribution is 2.20. The first-order valence-corrected chi connectivity index (χ1v) is 5.99. The van der Waals surface area contributed by atoms with Gasteiger partial charge in [-0.3, -0.25) is 4.79 Å². The molecule has 0 bridgehead atoms. The van der Waals surface area contributed by atoms with E-state index in [-0.39, 0.29) is 31.0 Å². The molecule has 1 saturated heterocycles. The fourth-order valence-corrected chi connectivity index (χ4v) is 1.99. The van der Waals surface area contributed by atoms with Gasteiger partial charge in [-0.25, -0.2) is 4.39 Å². The van der Waals surface area contributed by atoms with Gasteiger partial charge in [0.2, 0.25) is 0 Å². The Kier molecular flexibility index (Phi) is 4.28. The van der Waals surface area contributed by atoms with Crippen LogP contribution in [0.5, 0.6) is 0 Å². The molecule has 1 aromatic rings. The lowest BCUT2D eigenvalue weighted by molar-refractivity contribution is -0.129. The highest BCUT2D eigenvalue weighted by Gasteiger charge is 2.26. The van der Waals surface area contributed by atoms with Gasteiger partial charge < -0.3 is 14.7 Å². The van der Waals surface area contributed by atoms with Crippen molar-refractivity contribution >= 4 is 11.6 Å². The maximum atomic E-state index is 12.8. The van der Waals surface area contributed by atoms with Crippen LogP contribution < -0.4 is 4.90 Å². The number of ether oxygens (including phenoxy) is 1. The number of anilines is 1. The Balaban J connectivity index is 2.05. The van der Waals surface area contributed by atoms with Gasteiger partial charge in [0.05, 0.1) is 12.6 Å². The second-order valence-electron chi connectivity index (χ2n) is 4.28. The third-order valence-electron chi connectivity index (χ3n) is 2.95. The Morgan fingerprint density at radius 1 is 1.39 bits per heavy atom. The molecular formula is C13H16FNO3. The summed E-state index contributed by atoms with van der Waals surface area (Å²) >= 11 is 0. The smallest absolute Gasteiger partial charge is 0.253 e. The largest absolute Gasteiger partial charge is 0.396 e. The molecule has 1 amide bonds. The van der Waals surface area contributed by atoms with Gasteiger partial charge in [-0.1, -0.05) is 0 Å². The maximum Gasteiger partial charge on any atom is 0.253 e. The number of nitrogens with zero attached hydrogens (tertiary/aromatic N) is 1. The van der Waals surface area contributed by atoms with Gasteiger partial charge in [0.25, 0.3) is 5.91 Å². The standard InChI is InChI=1S/C13H16FNO3/c14-10-3-5-11(6-4-10)15-8-12(2-1-7-16)18-9-13(15)17/h3-6,12,16H,1-2,7-9H2. The van der Waals surface area contributed by atoms with Crippen molar-refractivity contribution < 1.29 is 19.0 Å². The number of rotatable bonds is 4. The van der Waals surface area contributed by atoms with E-state index in [9.17, 15) is 9.18 Å². The fourth-order valence-electron chi connectivity index (χ4n) is 1.99. The number of aliphatic hydroxyl groups is 1. The minimum Gasteiger partial charge on any atom is -0.396 e. The molecule has 1 N–H and O–H groups in total. The molecular weight excluding hydrogens is 237 g/mol. The van der Waals surface area contributed by atoms with Gasteiger partial charge in [-0.15, -0.1) is 0 Å². The van der Waals surface area contributed by atoms with Crippen molar-refractivity contribution in [2.75, 3.05) is 24.7 Å². The molecule has 0 radical (unpaired) electrons. The van der Waals surface area contributed by atoms with Crippen LogP contribution in [0.4, 0.5) is 10.1 Å². The molecule has 18 heavy (non-hydrogen) atoms. The Hall–Kier alpha value is -1.46. The summed E-state index contributed by atoms with van der Waals surface area (Å²) in [6, 6.07) is 5.84. The average Bonchev–Trinajstić information content (AvgIpc) is 2.39. The quantitative estimate of drug-likeness (QED) is 0.880. The van der Waals surface area contributed by atoms with Crippen LogP contribution in [0.25, 0.3) is 0 Å². The summed E-state index contributed by atoms with van der Waals surface area (Å²) in [6.07, 6.45) is 1.29. The molecule has 5 heteroatoms. The van der Waals surface area contributed by atoms with E-state index in [1.54, 1.807) is 17.0 Å². The Morgan fingerprint density at radius 2 is 2.11 bits per heavy atom. The Labute approximate surface area is 105 Å². The van der Waals surface area contributed by atoms with Crippen molar-refractivity contribution in [2.24, 2.45) is 0 Å². The number of benzene rings is 1. The molecule has 1 fully saturated rings. The minimum absolute atomic E-state index is 0.0352. The minimum atomic E-state index is -0.323. The van der Waals surface area contributed by atoms with Crippen LogP contribution in [0.3, 0.4) is 0 Å². The highest BCUT2D eigenvalue weighted by molar-refractivity contribution is 5.94. The molecule has 0 saturated carbocycles. The van der Waals surface area contributed by atoms with E-state index in [2.05, 4.69) is 0 Å². The topological polar surface area (TPSA) is 49.8 Å². The summed E-state index contributed by atoms with van der Waals surface area (Å²) in [7, 11) is 0. The highest BCUT2D eigenvalue weighted by atomic mass is 19.1. The van der Waals surface area contributed by atoms with Crippen LogP contribution in [0.15, 0.2) is 24.3 Å². The molecule has 1 aliphatic rings. The molecule has 0 aromatic heterocycles. The van der Waals surface area contributed by atoms with Crippen LogP contribution in [0, 0.1) is 5.82 Å². The predicted octanol–water partition coefficient (Wildman–Crippen LogP) is 1.33. The third kappa shape index (κ3) is 3.05. The van der Waals surface area contributed by atoms with Gasteiger partial charge in [0.15, 0.2) is 0 Å². The molecule has 1 heterocycles. The van der Waals surface area contributed by atoms with Gasteiger partial charge >= 0.3 is 0 Å². The monoisotopic (exact) mass is 253 g/mol. The summed E-state index contributed by atoms with van der Waals surface area (Å²) in [5, 5.41) is 8.78. The zero-order valence-electron chi connectivity index (χ0n) is 10.0. The van der Waals surface area contributed by atoms with Crippen LogP contribution in [0.1, 0.15) is 12.8 Å². The van der Waals surface area contributed by atoms with Crippen LogP contribution in [-0.2, 0) is 9.53 Å². The molecule has 1 aromatic carbocycles. The Morgan fingerprint density at radius 3 is 2.78 bits per heavy atom. The van der Waals surface area contributed by atoms with E-state index in [0.29, 0.717) is 25.1 Å². The van der Waals surface area contributed by atoms with E-state index in [0.717, 1.165) is 0 Å². The zero-order valence-corrected chi connectivity index (χ0v) is 10.0. The summed E-state index contributed by atoms with van der Waals surface area (Å²) in [6.45, 7) is 0.599. The molecule has 98 valence electrons. The van der Waals surface area contributed by atoms with Crippen molar-refractivity contribution in [3.63, 3.8) is 0 Å². The summed E-state index contributed by atoms with van der Waals surface area (Å²) < 4.78 is 18.2. The fraction of sp³-hybridized carbons (Fsp3) is 0.462. The number of amides is 1. The second kappa shape index (κ2) is 5.93. The molecule has 1 unspecified atom stereocenters. The molecule has 0 spiro atoms. The number of hydrogen-bond acceptors (Lipinski definition) is 3. The number of aliphatic hydroxyl groups excluding tert-OH is 1. The molecule has 4 nitrogen and oxygen atoms in total. The number of morpholine rings is 1. The summed E-state index contributed by atoms with van der Waals surface area (Å²) in [5.74, 6) is -0.446. The Bertz CT molecular complexity index is 407. The van der Waals surface area contributed by atoms with Crippen molar-refractivity contribution in [3.8, 4) is 0 Å². The molecule has 2 rings (SSSR count). The molecule has 1 atom stereocenters. The molecule has 1 aliphatic heterocycles. The van der Waals surface area contributed by atoms with E-state index < -0.39 is 0 Å². The van der Waals surface area contributed by atoms with Crippen molar-refractivity contribution in [3.05, 3.63) is 30.1 Å². The van der Waals surface area contributed by atoms with Gasteiger partial charge in [-0.2, -0.15) is 0 Å². The van der Waals surface area contributed by atoms with E-state index in [1.165, 1.54) is 12.1 Å². The summed E-state index contributed by atoms with van der Waals surface area (Å²) in [5.41, 5.74) is 0.679. The number of hydrogen-bond donors (Lipinski definition) is 1. The predicted molar refractivity (Wildman–Crippen MR) is 64.8 cm³/mol. The van der Waals surface area contributed by atoms with Gasteiger partial charge in [0, 0.05) is 12.3 Å². The van der Waals surface area contributed by atoms with Gasteiger partial charge in [0.1, 0.15) is 12.4 Å². The van der Waals surface area contributed by atoms with Crippen molar-refractivity contribution in [1.29, 1.82) is 0 Å². The van der Waals surface area contributed by atoms with Crippen molar-refractivity contribution in [1.82, 2.24) is 0 Å². The first-order valence-electron chi connectivity index (χ1n) is 5.99. The average molecular weight is 253 g/mol. The SMILES string of the molecule is O=C1COC(CCCO)CN1c1ccc(F)cc1. The van der Waals surface area contributed by atoms with E-state index in [1.807, 2.05) is 0 Å². The second-order valence-corrected chi connectivity index (χ2v) is 4.28. The maximum absolute atomic E-state index is 12.8. The molecule has 0 aliphatic carbocycles. The van der Waals surface area contributed by atoms with Gasteiger partial charge in [-0.05, 0) is 37.1 Å². The van der Waals surface area contributed by atoms with Crippen LogP contribution in [-0.4, -0.2) is 36.9 Å². The normalized spacial score (nSPS) is 20.2. The first kappa shape index (κ1) is 13.0. The summed E-state index contributed by atoms with van der Waals surface area (Å²) in [4.78, 5) is 13.4. The van der Waals surface area contributed by atoms with E-state index >= 15 is 0 Å². The van der Waals surface area contributed by atoms with E-state index in [4.69, 9.17) is 9.84 Å². The number of carbonyl (C=O) groups excluding carboxylic acids is 1. The number of halogens is 1. The lowest BCUT2D eigenvalue weighted by Gasteiger charge is -2.32. The lowest BCUT2D eigenvalue weighted by Crippen LogP contribution is -2.46. The lowest BCUT2D eigenvalue weighted by atomic mass is 10.1. The zero-order chi connectivity index (χ0) is 13.0. The number of carbonyl (C=O) groups is 1. The van der Waals surface area contributed by atoms with Crippen LogP contribution >= 0.6 is 0 Å². The first-order chi connectivity index (χ1) is 8.70. The third-order valence-corrected chi connectivity index (χ3v) is 2.95. The van der Waals surface area contributed by atoms with Crippen molar-refractivity contribution in [2.45, 2.75) is 18.9 Å².